The number of carbonyl (C=O) groups excluding carboxylic acids is 1. The van der Waals surface area contributed by atoms with Crippen LogP contribution in [0.3, 0.4) is 0 Å². The molecule has 1 amide bonds. The van der Waals surface area contributed by atoms with Crippen LogP contribution in [-0.2, 0) is 4.79 Å². The fraction of sp³-hybridized carbons (Fsp3) is 0.667. The lowest BCUT2D eigenvalue weighted by Gasteiger charge is -2.44. The molecule has 3 aliphatic rings. The number of piperidine rings is 1. The Hall–Kier alpha value is -1.30. The lowest BCUT2D eigenvalue weighted by molar-refractivity contribution is -0.149. The minimum absolute atomic E-state index is 0.228. The van der Waals surface area contributed by atoms with Crippen LogP contribution in [0.25, 0.3) is 0 Å². The molecule has 2 atom stereocenters. The maximum absolute atomic E-state index is 13.5. The maximum atomic E-state index is 13.5. The summed E-state index contributed by atoms with van der Waals surface area (Å²) in [5, 5.41) is 11.3. The minimum Gasteiger partial charge on any atom is -0.488 e. The summed E-state index contributed by atoms with van der Waals surface area (Å²) in [5.41, 5.74) is -0.319. The summed E-state index contributed by atoms with van der Waals surface area (Å²) in [4.78, 5) is 17.8. The minimum atomic E-state index is -0.671. The van der Waals surface area contributed by atoms with Crippen LogP contribution in [0.5, 0.6) is 5.75 Å². The van der Waals surface area contributed by atoms with Crippen LogP contribution >= 0.6 is 11.6 Å². The summed E-state index contributed by atoms with van der Waals surface area (Å²) in [5.74, 6) is 0.929. The van der Waals surface area contributed by atoms with E-state index in [1.165, 1.54) is 12.8 Å². The second-order valence-corrected chi connectivity index (χ2v) is 8.59. The van der Waals surface area contributed by atoms with Crippen LogP contribution in [0.4, 0.5) is 0 Å². The molecule has 0 bridgehead atoms. The molecular formula is C21H29ClN2O3. The van der Waals surface area contributed by atoms with E-state index < -0.39 is 6.10 Å². The Morgan fingerprint density at radius 3 is 2.37 bits per heavy atom. The van der Waals surface area contributed by atoms with Gasteiger partial charge in [0.15, 0.2) is 0 Å². The third-order valence-electron chi connectivity index (χ3n) is 6.45. The summed E-state index contributed by atoms with van der Waals surface area (Å²) >= 11 is 5.91. The number of aliphatic hydroxyl groups excluding tert-OH is 1. The van der Waals surface area contributed by atoms with Gasteiger partial charge in [0.05, 0.1) is 6.54 Å². The van der Waals surface area contributed by atoms with Gasteiger partial charge in [0.1, 0.15) is 23.5 Å². The molecule has 5 nitrogen and oxygen atoms in total. The first-order chi connectivity index (χ1) is 13.1. The van der Waals surface area contributed by atoms with Crippen LogP contribution in [0.15, 0.2) is 24.3 Å². The molecule has 0 aromatic heterocycles. The lowest BCUT2D eigenvalue weighted by atomic mass is 9.91. The molecule has 2 saturated heterocycles. The van der Waals surface area contributed by atoms with Gasteiger partial charge in [-0.1, -0.05) is 24.4 Å². The third-order valence-corrected chi connectivity index (χ3v) is 6.70. The first-order valence-corrected chi connectivity index (χ1v) is 10.6. The van der Waals surface area contributed by atoms with Gasteiger partial charge >= 0.3 is 0 Å². The quantitative estimate of drug-likeness (QED) is 0.855. The van der Waals surface area contributed by atoms with Crippen molar-refractivity contribution in [3.8, 4) is 5.75 Å². The molecular weight excluding hydrogens is 364 g/mol. The zero-order valence-electron chi connectivity index (χ0n) is 15.8. The summed E-state index contributed by atoms with van der Waals surface area (Å²) in [6.07, 6.45) is 6.24. The van der Waals surface area contributed by atoms with Gasteiger partial charge in [-0.05, 0) is 63.0 Å². The summed E-state index contributed by atoms with van der Waals surface area (Å²) in [7, 11) is 0. The van der Waals surface area contributed by atoms with E-state index in [9.17, 15) is 9.90 Å². The monoisotopic (exact) mass is 392 g/mol. The molecule has 27 heavy (non-hydrogen) atoms. The fourth-order valence-electron chi connectivity index (χ4n) is 4.98. The van der Waals surface area contributed by atoms with Gasteiger partial charge in [0.2, 0.25) is 5.91 Å². The molecule has 1 saturated carbocycles. The standard InChI is InChI=1S/C21H29ClN2O3/c22-16-5-7-17(8-6-16)27-19-9-14-23(15-18(19)25)20(26)21(10-1-2-11-21)24-12-3-4-13-24/h5-8,18-19,25H,1-4,9-15H2/t18-,19-/m1/s1. The number of aliphatic hydroxyl groups is 1. The highest BCUT2D eigenvalue weighted by atomic mass is 35.5. The number of benzene rings is 1. The molecule has 1 aromatic carbocycles. The van der Waals surface area contributed by atoms with Gasteiger partial charge in [-0.3, -0.25) is 9.69 Å². The summed E-state index contributed by atoms with van der Waals surface area (Å²) in [6.45, 7) is 3.06. The first-order valence-electron chi connectivity index (χ1n) is 10.2. The van der Waals surface area contributed by atoms with Crippen LogP contribution < -0.4 is 4.74 Å². The molecule has 4 rings (SSSR count). The Bertz CT molecular complexity index is 654. The lowest BCUT2D eigenvalue weighted by Crippen LogP contribution is -2.61. The largest absolute Gasteiger partial charge is 0.488 e. The summed E-state index contributed by atoms with van der Waals surface area (Å²) in [6, 6.07) is 7.19. The number of likely N-dealkylation sites (tertiary alicyclic amines) is 2. The number of amides is 1. The van der Waals surface area contributed by atoms with Gasteiger partial charge in [0.25, 0.3) is 0 Å². The fourth-order valence-corrected chi connectivity index (χ4v) is 5.11. The Labute approximate surface area is 166 Å². The number of halogens is 1. The number of hydrogen-bond donors (Lipinski definition) is 1. The zero-order chi connectivity index (χ0) is 18.9. The van der Waals surface area contributed by atoms with Crippen molar-refractivity contribution in [1.82, 2.24) is 9.80 Å². The molecule has 3 fully saturated rings. The number of carbonyl (C=O) groups is 1. The van der Waals surface area contributed by atoms with Crippen molar-refractivity contribution >= 4 is 17.5 Å². The van der Waals surface area contributed by atoms with Crippen LogP contribution in [-0.4, -0.2) is 64.7 Å². The Kier molecular flexibility index (Phi) is 5.62. The normalized spacial score (nSPS) is 28.4. The smallest absolute Gasteiger partial charge is 0.243 e. The van der Waals surface area contributed by atoms with E-state index >= 15 is 0 Å². The van der Waals surface area contributed by atoms with E-state index in [0.717, 1.165) is 38.8 Å². The SMILES string of the molecule is O=C(N1CC[C@@H](Oc2ccc(Cl)cc2)[C@H](O)C1)C1(N2CCCC2)CCCC1. The number of ether oxygens (including phenoxy) is 1. The van der Waals surface area contributed by atoms with Crippen LogP contribution in [0, 0.1) is 0 Å². The van der Waals surface area contributed by atoms with Gasteiger partial charge < -0.3 is 14.7 Å². The Morgan fingerprint density at radius 1 is 1.07 bits per heavy atom. The number of β-amino-alcohol motifs (C(OH)–C–C–N with tert-alkyl or cyclic N) is 1. The van der Waals surface area contributed by atoms with Crippen LogP contribution in [0.2, 0.25) is 5.02 Å². The molecule has 2 heterocycles. The number of rotatable bonds is 4. The molecule has 0 radical (unpaired) electrons. The Balaban J connectivity index is 1.41. The van der Waals surface area contributed by atoms with Crippen molar-refractivity contribution in [1.29, 1.82) is 0 Å². The topological polar surface area (TPSA) is 53.0 Å². The van der Waals surface area contributed by atoms with Crippen molar-refractivity contribution in [2.45, 2.75) is 62.7 Å². The zero-order valence-corrected chi connectivity index (χ0v) is 16.5. The van der Waals surface area contributed by atoms with Gasteiger partial charge in [0, 0.05) is 18.0 Å². The van der Waals surface area contributed by atoms with Crippen molar-refractivity contribution < 1.29 is 14.6 Å². The molecule has 2 aliphatic heterocycles. The van der Waals surface area contributed by atoms with Crippen LogP contribution in [0.1, 0.15) is 44.9 Å². The second kappa shape index (κ2) is 7.98. The average Bonchev–Trinajstić information content (AvgIpc) is 3.36. The molecule has 0 unspecified atom stereocenters. The van der Waals surface area contributed by atoms with E-state index in [0.29, 0.717) is 30.3 Å². The van der Waals surface area contributed by atoms with Gasteiger partial charge in [-0.25, -0.2) is 0 Å². The van der Waals surface area contributed by atoms with E-state index in [2.05, 4.69) is 4.90 Å². The third kappa shape index (κ3) is 3.82. The molecule has 1 aliphatic carbocycles. The highest BCUT2D eigenvalue weighted by Gasteiger charge is 2.49. The van der Waals surface area contributed by atoms with Gasteiger partial charge in [-0.2, -0.15) is 0 Å². The molecule has 1 N–H and O–H groups in total. The van der Waals surface area contributed by atoms with E-state index in [-0.39, 0.29) is 17.6 Å². The maximum Gasteiger partial charge on any atom is 0.243 e. The molecule has 0 spiro atoms. The van der Waals surface area contributed by atoms with Crippen molar-refractivity contribution in [2.24, 2.45) is 0 Å². The van der Waals surface area contributed by atoms with E-state index in [1.54, 1.807) is 12.1 Å². The van der Waals surface area contributed by atoms with Gasteiger partial charge in [-0.15, -0.1) is 0 Å². The molecule has 1 aromatic rings. The second-order valence-electron chi connectivity index (χ2n) is 8.15. The highest BCUT2D eigenvalue weighted by molar-refractivity contribution is 6.30. The van der Waals surface area contributed by atoms with Crippen molar-refractivity contribution in [3.05, 3.63) is 29.3 Å². The van der Waals surface area contributed by atoms with E-state index in [1.807, 2.05) is 17.0 Å². The highest BCUT2D eigenvalue weighted by Crippen LogP contribution is 2.39. The number of hydrogen-bond acceptors (Lipinski definition) is 4. The summed E-state index contributed by atoms with van der Waals surface area (Å²) < 4.78 is 5.94. The molecule has 6 heteroatoms. The number of nitrogens with zero attached hydrogens (tertiary/aromatic N) is 2. The van der Waals surface area contributed by atoms with E-state index in [4.69, 9.17) is 16.3 Å². The predicted molar refractivity (Wildman–Crippen MR) is 105 cm³/mol. The van der Waals surface area contributed by atoms with Crippen molar-refractivity contribution in [2.75, 3.05) is 26.2 Å². The average molecular weight is 393 g/mol. The van der Waals surface area contributed by atoms with Crippen molar-refractivity contribution in [3.63, 3.8) is 0 Å². The Morgan fingerprint density at radius 2 is 1.74 bits per heavy atom. The molecule has 148 valence electrons. The first kappa shape index (κ1) is 19.0. The predicted octanol–water partition coefficient (Wildman–Crippen LogP) is 3.09.